The Morgan fingerprint density at radius 2 is 2.10 bits per heavy atom. The molecule has 3 nitrogen and oxygen atoms in total. The average molecular weight is 150 g/mol. The van der Waals surface area contributed by atoms with Crippen molar-refractivity contribution in [3.8, 4) is 17.9 Å². The lowest BCUT2D eigenvalue weighted by molar-refractivity contribution is 0.476. The quantitative estimate of drug-likeness (QED) is 0.604. The van der Waals surface area contributed by atoms with E-state index in [9.17, 15) is 0 Å². The molecule has 0 aromatic carbocycles. The summed E-state index contributed by atoms with van der Waals surface area (Å²) in [4.78, 5) is 0.547. The van der Waals surface area contributed by atoms with Crippen molar-refractivity contribution in [1.29, 1.82) is 10.5 Å². The minimum Gasteiger partial charge on any atom is -0.506 e. The minimum absolute atomic E-state index is 0.107. The fourth-order valence-corrected chi connectivity index (χ4v) is 1.16. The van der Waals surface area contributed by atoms with Gasteiger partial charge in [0.15, 0.2) is 0 Å². The van der Waals surface area contributed by atoms with Gasteiger partial charge in [0.2, 0.25) is 0 Å². The zero-order valence-corrected chi connectivity index (χ0v) is 5.64. The molecular formula is C6H2N2OS. The van der Waals surface area contributed by atoms with Crippen LogP contribution in [-0.4, -0.2) is 5.11 Å². The van der Waals surface area contributed by atoms with Gasteiger partial charge in [-0.15, -0.1) is 11.3 Å². The van der Waals surface area contributed by atoms with Gasteiger partial charge in [0.1, 0.15) is 27.6 Å². The third kappa shape index (κ3) is 0.928. The first-order valence-corrected chi connectivity index (χ1v) is 3.22. The first-order valence-electron chi connectivity index (χ1n) is 2.41. The fourth-order valence-electron chi connectivity index (χ4n) is 0.517. The lowest BCUT2D eigenvalue weighted by Crippen LogP contribution is -1.58. The van der Waals surface area contributed by atoms with Gasteiger partial charge >= 0.3 is 0 Å². The number of nitriles is 2. The molecule has 1 heterocycles. The third-order valence-corrected chi connectivity index (χ3v) is 1.86. The van der Waals surface area contributed by atoms with Crippen LogP contribution in [0.25, 0.3) is 0 Å². The molecule has 1 rings (SSSR count). The fraction of sp³-hybridized carbons (Fsp3) is 0. The molecule has 4 heteroatoms. The van der Waals surface area contributed by atoms with Crippen LogP contribution in [0.3, 0.4) is 0 Å². The number of hydrogen-bond acceptors (Lipinski definition) is 4. The molecule has 48 valence electrons. The maximum Gasteiger partial charge on any atom is 0.147 e. The summed E-state index contributed by atoms with van der Waals surface area (Å²) in [7, 11) is 0. The number of hydrogen-bond donors (Lipinski definition) is 1. The number of aromatic hydroxyl groups is 1. The Labute approximate surface area is 61.4 Å². The Morgan fingerprint density at radius 3 is 2.40 bits per heavy atom. The van der Waals surface area contributed by atoms with Crippen molar-refractivity contribution in [3.05, 3.63) is 15.8 Å². The second-order valence-electron chi connectivity index (χ2n) is 1.55. The number of thiophene rings is 1. The van der Waals surface area contributed by atoms with Gasteiger partial charge in [0.25, 0.3) is 0 Å². The molecule has 1 aromatic rings. The summed E-state index contributed by atoms with van der Waals surface area (Å²) in [6.45, 7) is 0. The molecule has 0 bridgehead atoms. The molecule has 1 aromatic heterocycles. The minimum atomic E-state index is -0.107. The monoisotopic (exact) mass is 150 g/mol. The predicted molar refractivity (Wildman–Crippen MR) is 35.4 cm³/mol. The SMILES string of the molecule is N#Cc1cc(O)c(C#N)s1. The standard InChI is InChI=1S/C6H2N2OS/c7-2-4-1-5(9)6(3-8)10-4/h1,9H. The van der Waals surface area contributed by atoms with Crippen molar-refractivity contribution in [1.82, 2.24) is 0 Å². The highest BCUT2D eigenvalue weighted by Gasteiger charge is 2.05. The van der Waals surface area contributed by atoms with Gasteiger partial charge in [0, 0.05) is 6.07 Å². The Balaban J connectivity index is 3.23. The van der Waals surface area contributed by atoms with Crippen molar-refractivity contribution < 1.29 is 5.11 Å². The Morgan fingerprint density at radius 1 is 1.40 bits per heavy atom. The van der Waals surface area contributed by atoms with Crippen molar-refractivity contribution in [3.63, 3.8) is 0 Å². The van der Waals surface area contributed by atoms with E-state index in [2.05, 4.69) is 0 Å². The van der Waals surface area contributed by atoms with Gasteiger partial charge in [-0.05, 0) is 0 Å². The highest BCUT2D eigenvalue weighted by atomic mass is 32.1. The highest BCUT2D eigenvalue weighted by Crippen LogP contribution is 2.25. The van der Waals surface area contributed by atoms with Crippen molar-refractivity contribution >= 4 is 11.3 Å². The maximum atomic E-state index is 8.90. The van der Waals surface area contributed by atoms with Crippen LogP contribution in [0.2, 0.25) is 0 Å². The summed E-state index contributed by atoms with van der Waals surface area (Å²) in [5, 5.41) is 25.5. The highest BCUT2D eigenvalue weighted by molar-refractivity contribution is 7.13. The van der Waals surface area contributed by atoms with Gasteiger partial charge in [0.05, 0.1) is 0 Å². The topological polar surface area (TPSA) is 67.8 Å². The van der Waals surface area contributed by atoms with Crippen molar-refractivity contribution in [2.24, 2.45) is 0 Å². The third-order valence-electron chi connectivity index (χ3n) is 0.924. The van der Waals surface area contributed by atoms with E-state index < -0.39 is 0 Å². The molecule has 0 fully saturated rings. The summed E-state index contributed by atoms with van der Waals surface area (Å²) in [6, 6.07) is 4.88. The molecule has 10 heavy (non-hydrogen) atoms. The normalized spacial score (nSPS) is 8.20. The molecule has 0 saturated heterocycles. The first-order chi connectivity index (χ1) is 4.77. The predicted octanol–water partition coefficient (Wildman–Crippen LogP) is 1.20. The van der Waals surface area contributed by atoms with Crippen LogP contribution in [0.1, 0.15) is 9.75 Å². The summed E-state index contributed by atoms with van der Waals surface area (Å²) in [5.74, 6) is -0.107. The van der Waals surface area contributed by atoms with Crippen LogP contribution in [0, 0.1) is 22.7 Å². The van der Waals surface area contributed by atoms with Crippen molar-refractivity contribution in [2.45, 2.75) is 0 Å². The van der Waals surface area contributed by atoms with E-state index in [1.54, 1.807) is 6.07 Å². The van der Waals surface area contributed by atoms with Crippen LogP contribution in [0.4, 0.5) is 0 Å². The second kappa shape index (κ2) is 2.38. The number of nitrogens with zero attached hydrogens (tertiary/aromatic N) is 2. The van der Waals surface area contributed by atoms with Gasteiger partial charge < -0.3 is 5.11 Å². The molecule has 1 N–H and O–H groups in total. The molecule has 0 aliphatic carbocycles. The van der Waals surface area contributed by atoms with Crippen molar-refractivity contribution in [2.75, 3.05) is 0 Å². The molecule has 0 spiro atoms. The zero-order valence-electron chi connectivity index (χ0n) is 4.83. The van der Waals surface area contributed by atoms with Crippen LogP contribution in [0.15, 0.2) is 6.07 Å². The average Bonchev–Trinajstić information content (AvgIpc) is 2.30. The van der Waals surface area contributed by atoms with Gasteiger partial charge in [-0.1, -0.05) is 0 Å². The first kappa shape index (κ1) is 6.60. The summed E-state index contributed by atoms with van der Waals surface area (Å²) in [6.07, 6.45) is 0. The van der Waals surface area contributed by atoms with E-state index >= 15 is 0 Å². The lowest BCUT2D eigenvalue weighted by Gasteiger charge is -1.76. The maximum absolute atomic E-state index is 8.90. The summed E-state index contributed by atoms with van der Waals surface area (Å²) in [5.41, 5.74) is 0. The molecular weight excluding hydrogens is 148 g/mol. The smallest absolute Gasteiger partial charge is 0.147 e. The molecule has 0 aliphatic heterocycles. The Bertz CT molecular complexity index is 328. The second-order valence-corrected chi connectivity index (χ2v) is 2.60. The molecule has 0 unspecified atom stereocenters. The summed E-state index contributed by atoms with van der Waals surface area (Å²) < 4.78 is 0. The zero-order chi connectivity index (χ0) is 7.56. The van der Waals surface area contributed by atoms with E-state index in [1.165, 1.54) is 6.07 Å². The largest absolute Gasteiger partial charge is 0.506 e. The van der Waals surface area contributed by atoms with E-state index in [0.29, 0.717) is 4.88 Å². The van der Waals surface area contributed by atoms with Gasteiger partial charge in [-0.25, -0.2) is 0 Å². The van der Waals surface area contributed by atoms with Gasteiger partial charge in [-0.2, -0.15) is 10.5 Å². The van der Waals surface area contributed by atoms with Crippen LogP contribution in [-0.2, 0) is 0 Å². The molecule has 0 radical (unpaired) electrons. The number of rotatable bonds is 0. The van der Waals surface area contributed by atoms with Crippen LogP contribution >= 0.6 is 11.3 Å². The molecule has 0 aliphatic rings. The van der Waals surface area contributed by atoms with Crippen LogP contribution in [0.5, 0.6) is 5.75 Å². The van der Waals surface area contributed by atoms with E-state index in [0.717, 1.165) is 11.3 Å². The Kier molecular flexibility index (Phi) is 1.57. The molecule has 0 amide bonds. The summed E-state index contributed by atoms with van der Waals surface area (Å²) >= 11 is 0.987. The molecule has 0 saturated carbocycles. The van der Waals surface area contributed by atoms with Gasteiger partial charge in [-0.3, -0.25) is 0 Å². The lowest BCUT2D eigenvalue weighted by atomic mass is 10.4. The van der Waals surface area contributed by atoms with E-state index in [1.807, 2.05) is 6.07 Å². The molecule has 0 atom stereocenters. The van der Waals surface area contributed by atoms with E-state index in [-0.39, 0.29) is 10.6 Å². The Hall–Kier alpha value is -1.52. The van der Waals surface area contributed by atoms with E-state index in [4.69, 9.17) is 15.6 Å². The van der Waals surface area contributed by atoms with Crippen LogP contribution < -0.4 is 0 Å².